The third-order valence-corrected chi connectivity index (χ3v) is 4.76. The number of esters is 1. The Balaban J connectivity index is 3.20. The Morgan fingerprint density at radius 2 is 1.88 bits per heavy atom. The molecule has 2 atom stereocenters. The Morgan fingerprint density at radius 1 is 1.28 bits per heavy atom. The molecule has 1 aromatic carbocycles. The van der Waals surface area contributed by atoms with Crippen LogP contribution in [-0.2, 0) is 20.5 Å². The van der Waals surface area contributed by atoms with Crippen molar-refractivity contribution in [3.05, 3.63) is 28.8 Å². The third kappa shape index (κ3) is 7.62. The van der Waals surface area contributed by atoms with Crippen molar-refractivity contribution in [3.63, 3.8) is 0 Å². The van der Waals surface area contributed by atoms with Crippen molar-refractivity contribution in [2.24, 2.45) is 0 Å². The van der Waals surface area contributed by atoms with Gasteiger partial charge in [0.1, 0.15) is 5.75 Å². The minimum atomic E-state index is -4.89. The van der Waals surface area contributed by atoms with Gasteiger partial charge >= 0.3 is 12.3 Å². The van der Waals surface area contributed by atoms with Gasteiger partial charge < -0.3 is 9.47 Å². The van der Waals surface area contributed by atoms with Crippen LogP contribution in [0, 0.1) is 0 Å². The van der Waals surface area contributed by atoms with E-state index < -0.39 is 39.9 Å². The van der Waals surface area contributed by atoms with Gasteiger partial charge in [-0.2, -0.15) is 0 Å². The van der Waals surface area contributed by atoms with Crippen LogP contribution in [-0.4, -0.2) is 28.4 Å². The summed E-state index contributed by atoms with van der Waals surface area (Å²) in [5.41, 5.74) is 0.217. The first-order valence-electron chi connectivity index (χ1n) is 7.13. The van der Waals surface area contributed by atoms with Crippen molar-refractivity contribution in [2.75, 3.05) is 7.11 Å². The van der Waals surface area contributed by atoms with Crippen LogP contribution in [0.5, 0.6) is 5.75 Å². The van der Waals surface area contributed by atoms with E-state index in [2.05, 4.69) is 14.2 Å². The van der Waals surface area contributed by atoms with E-state index in [1.807, 2.05) is 0 Å². The lowest BCUT2D eigenvalue weighted by Gasteiger charge is -2.24. The molecular formula is C15H19ClF3NO4S. The summed E-state index contributed by atoms with van der Waals surface area (Å²) in [5.74, 6) is -1.16. The zero-order chi connectivity index (χ0) is 19.4. The maximum Gasteiger partial charge on any atom is 0.573 e. The van der Waals surface area contributed by atoms with Crippen molar-refractivity contribution in [1.29, 1.82) is 0 Å². The van der Waals surface area contributed by atoms with E-state index in [-0.39, 0.29) is 17.0 Å². The lowest BCUT2D eigenvalue weighted by atomic mass is 10.0. The molecule has 0 aliphatic carbocycles. The standard InChI is InChI=1S/C15H19ClF3NO4S/c1-14(2,3)25(22)20-12(8-13(21)23-4)9-5-10(16)7-11(6-9)24-15(17,18)19/h5-7,12,20H,8H2,1-4H3/t12-,25?/m0/s1. The fourth-order valence-electron chi connectivity index (χ4n) is 1.76. The Labute approximate surface area is 151 Å². The van der Waals surface area contributed by atoms with Crippen molar-refractivity contribution in [3.8, 4) is 5.75 Å². The number of hydrogen-bond donors (Lipinski definition) is 1. The molecule has 142 valence electrons. The van der Waals surface area contributed by atoms with Crippen molar-refractivity contribution >= 4 is 28.6 Å². The van der Waals surface area contributed by atoms with Gasteiger partial charge in [0.15, 0.2) is 0 Å². The third-order valence-electron chi connectivity index (χ3n) is 2.93. The van der Waals surface area contributed by atoms with E-state index >= 15 is 0 Å². The van der Waals surface area contributed by atoms with Gasteiger partial charge in [-0.15, -0.1) is 13.2 Å². The molecule has 0 amide bonds. The van der Waals surface area contributed by atoms with Crippen LogP contribution in [0.25, 0.3) is 0 Å². The van der Waals surface area contributed by atoms with Gasteiger partial charge in [0.05, 0.1) is 35.3 Å². The molecule has 0 saturated heterocycles. The van der Waals surface area contributed by atoms with Crippen LogP contribution >= 0.6 is 11.6 Å². The molecule has 0 saturated carbocycles. The number of hydrogen-bond acceptors (Lipinski definition) is 4. The molecular weight excluding hydrogens is 383 g/mol. The zero-order valence-corrected chi connectivity index (χ0v) is 15.6. The second-order valence-corrected chi connectivity index (χ2v) is 8.53. The molecule has 0 fully saturated rings. The average Bonchev–Trinajstić information content (AvgIpc) is 2.42. The molecule has 0 aromatic heterocycles. The van der Waals surface area contributed by atoms with E-state index in [4.69, 9.17) is 11.6 Å². The van der Waals surface area contributed by atoms with Crippen LogP contribution in [0.15, 0.2) is 18.2 Å². The van der Waals surface area contributed by atoms with Gasteiger partial charge in [-0.25, -0.2) is 8.93 Å². The number of methoxy groups -OCH3 is 1. The SMILES string of the molecule is COC(=O)C[C@H](NS(=O)C(C)(C)C)c1cc(Cl)cc(OC(F)(F)F)c1. The average molecular weight is 402 g/mol. The first kappa shape index (κ1) is 21.7. The lowest BCUT2D eigenvalue weighted by Crippen LogP contribution is -2.36. The monoisotopic (exact) mass is 401 g/mol. The van der Waals surface area contributed by atoms with Gasteiger partial charge in [0.2, 0.25) is 0 Å². The highest BCUT2D eigenvalue weighted by Crippen LogP contribution is 2.31. The Bertz CT molecular complexity index is 647. The predicted octanol–water partition coefficient (Wildman–Crippen LogP) is 3.89. The number of rotatable bonds is 6. The molecule has 0 radical (unpaired) electrons. The maximum absolute atomic E-state index is 12.4. The van der Waals surface area contributed by atoms with Crippen LogP contribution < -0.4 is 9.46 Å². The molecule has 5 nitrogen and oxygen atoms in total. The molecule has 1 rings (SSSR count). The van der Waals surface area contributed by atoms with Gasteiger partial charge in [0.25, 0.3) is 0 Å². The number of benzene rings is 1. The van der Waals surface area contributed by atoms with Crippen LogP contribution in [0.4, 0.5) is 13.2 Å². The minimum Gasteiger partial charge on any atom is -0.469 e. The highest BCUT2D eigenvalue weighted by molar-refractivity contribution is 7.84. The van der Waals surface area contributed by atoms with Crippen LogP contribution in [0.3, 0.4) is 0 Å². The molecule has 0 aliphatic heterocycles. The number of carbonyl (C=O) groups is 1. The quantitative estimate of drug-likeness (QED) is 0.734. The van der Waals surface area contributed by atoms with Crippen LogP contribution in [0.2, 0.25) is 5.02 Å². The predicted molar refractivity (Wildman–Crippen MR) is 88.5 cm³/mol. The molecule has 1 unspecified atom stereocenters. The fourth-order valence-corrected chi connectivity index (χ4v) is 2.83. The zero-order valence-electron chi connectivity index (χ0n) is 14.1. The van der Waals surface area contributed by atoms with E-state index in [9.17, 15) is 22.2 Å². The largest absolute Gasteiger partial charge is 0.573 e. The second-order valence-electron chi connectivity index (χ2n) is 6.10. The highest BCUT2D eigenvalue weighted by Gasteiger charge is 2.32. The molecule has 0 heterocycles. The lowest BCUT2D eigenvalue weighted by molar-refractivity contribution is -0.274. The summed E-state index contributed by atoms with van der Waals surface area (Å²) in [5, 5.41) is -0.0186. The fraction of sp³-hybridized carbons (Fsp3) is 0.533. The Morgan fingerprint density at radius 3 is 2.36 bits per heavy atom. The summed E-state index contributed by atoms with van der Waals surface area (Å²) in [4.78, 5) is 11.6. The van der Waals surface area contributed by atoms with E-state index in [1.54, 1.807) is 20.8 Å². The molecule has 0 bridgehead atoms. The molecule has 0 aliphatic rings. The summed E-state index contributed by atoms with van der Waals surface area (Å²) in [6, 6.07) is 2.57. The molecule has 1 N–H and O–H groups in total. The van der Waals surface area contributed by atoms with E-state index in [1.165, 1.54) is 13.2 Å². The molecule has 1 aromatic rings. The number of carbonyl (C=O) groups excluding carboxylic acids is 1. The normalized spacial score (nSPS) is 14.7. The first-order chi connectivity index (χ1) is 11.3. The van der Waals surface area contributed by atoms with Crippen molar-refractivity contribution in [1.82, 2.24) is 4.72 Å². The van der Waals surface area contributed by atoms with Crippen molar-refractivity contribution in [2.45, 2.75) is 44.3 Å². The summed E-state index contributed by atoms with van der Waals surface area (Å²) in [6.45, 7) is 5.13. The number of nitrogens with one attached hydrogen (secondary N) is 1. The number of ether oxygens (including phenoxy) is 2. The Kier molecular flexibility index (Phi) is 7.28. The van der Waals surface area contributed by atoms with Gasteiger partial charge in [-0.05, 0) is 44.5 Å². The van der Waals surface area contributed by atoms with Gasteiger partial charge in [-0.3, -0.25) is 4.79 Å². The first-order valence-corrected chi connectivity index (χ1v) is 8.65. The topological polar surface area (TPSA) is 64.6 Å². The summed E-state index contributed by atoms with van der Waals surface area (Å²) < 4.78 is 60.2. The summed E-state index contributed by atoms with van der Waals surface area (Å²) in [6.07, 6.45) is -5.13. The van der Waals surface area contributed by atoms with Gasteiger partial charge in [-0.1, -0.05) is 11.6 Å². The summed E-state index contributed by atoms with van der Waals surface area (Å²) in [7, 11) is -0.406. The Hall–Kier alpha value is -1.32. The maximum atomic E-state index is 12.4. The van der Waals surface area contributed by atoms with Crippen LogP contribution in [0.1, 0.15) is 38.8 Å². The summed E-state index contributed by atoms with van der Waals surface area (Å²) >= 11 is 5.85. The minimum absolute atomic E-state index is 0.0186. The van der Waals surface area contributed by atoms with E-state index in [0.29, 0.717) is 0 Å². The van der Waals surface area contributed by atoms with Crippen molar-refractivity contribution < 1.29 is 31.6 Å². The second kappa shape index (κ2) is 8.37. The molecule has 25 heavy (non-hydrogen) atoms. The van der Waals surface area contributed by atoms with E-state index in [0.717, 1.165) is 12.1 Å². The highest BCUT2D eigenvalue weighted by atomic mass is 35.5. The number of halogens is 4. The number of alkyl halides is 3. The molecule has 0 spiro atoms. The van der Waals surface area contributed by atoms with Gasteiger partial charge in [0, 0.05) is 5.02 Å². The smallest absolute Gasteiger partial charge is 0.469 e. The molecule has 10 heteroatoms.